The van der Waals surface area contributed by atoms with Crippen LogP contribution in [0.4, 0.5) is 10.5 Å². The highest BCUT2D eigenvalue weighted by Gasteiger charge is 2.12. The van der Waals surface area contributed by atoms with Crippen LogP contribution in [0.2, 0.25) is 0 Å². The summed E-state index contributed by atoms with van der Waals surface area (Å²) >= 11 is 0. The van der Waals surface area contributed by atoms with Gasteiger partial charge in [-0.15, -0.1) is 0 Å². The molecule has 25 heavy (non-hydrogen) atoms. The standard InChI is InChI=1S/C19H22N2O4/c1-13-8-9-17(14(2)12-13)25-11-10-20-19(23)21-16-7-5-4-6-15(16)18(22)24-3/h4-9,12H,10-11H2,1-3H3,(H2,20,21,23). The normalized spacial score (nSPS) is 10.0. The number of carbonyl (C=O) groups excluding carboxylic acids is 2. The molecule has 0 fully saturated rings. The van der Waals surface area contributed by atoms with E-state index in [1.807, 2.05) is 32.0 Å². The van der Waals surface area contributed by atoms with Gasteiger partial charge in [-0.2, -0.15) is 0 Å². The zero-order valence-corrected chi connectivity index (χ0v) is 14.6. The zero-order chi connectivity index (χ0) is 18.2. The summed E-state index contributed by atoms with van der Waals surface area (Å²) in [5.41, 5.74) is 2.91. The van der Waals surface area contributed by atoms with Crippen molar-refractivity contribution in [3.8, 4) is 5.75 Å². The molecule has 2 aromatic carbocycles. The van der Waals surface area contributed by atoms with Gasteiger partial charge in [-0.25, -0.2) is 9.59 Å². The van der Waals surface area contributed by atoms with Crippen molar-refractivity contribution in [1.82, 2.24) is 5.32 Å². The van der Waals surface area contributed by atoms with Gasteiger partial charge in [0.05, 0.1) is 24.9 Å². The van der Waals surface area contributed by atoms with Crippen molar-refractivity contribution in [2.45, 2.75) is 13.8 Å². The largest absolute Gasteiger partial charge is 0.491 e. The molecular weight excluding hydrogens is 320 g/mol. The highest BCUT2D eigenvalue weighted by molar-refractivity contribution is 6.00. The van der Waals surface area contributed by atoms with Gasteiger partial charge in [-0.3, -0.25) is 0 Å². The molecule has 0 saturated heterocycles. The van der Waals surface area contributed by atoms with Crippen LogP contribution in [0.5, 0.6) is 5.75 Å². The Labute approximate surface area is 147 Å². The number of amides is 2. The molecule has 132 valence electrons. The van der Waals surface area contributed by atoms with Gasteiger partial charge in [0.25, 0.3) is 0 Å². The number of urea groups is 1. The minimum absolute atomic E-state index is 0.298. The second kappa shape index (κ2) is 8.73. The van der Waals surface area contributed by atoms with E-state index in [1.165, 1.54) is 12.7 Å². The molecule has 0 atom stereocenters. The van der Waals surface area contributed by atoms with E-state index in [-0.39, 0.29) is 0 Å². The number of benzene rings is 2. The highest BCUT2D eigenvalue weighted by atomic mass is 16.5. The van der Waals surface area contributed by atoms with Crippen molar-refractivity contribution in [2.24, 2.45) is 0 Å². The number of rotatable bonds is 6. The summed E-state index contributed by atoms with van der Waals surface area (Å²) in [5, 5.41) is 5.33. The van der Waals surface area contributed by atoms with Crippen LogP contribution in [0.25, 0.3) is 0 Å². The first-order valence-electron chi connectivity index (χ1n) is 7.93. The van der Waals surface area contributed by atoms with Crippen molar-refractivity contribution in [3.05, 3.63) is 59.2 Å². The second-order valence-electron chi connectivity index (χ2n) is 5.54. The Balaban J connectivity index is 1.82. The molecule has 2 N–H and O–H groups in total. The molecule has 0 saturated carbocycles. The summed E-state index contributed by atoms with van der Waals surface area (Å²) in [5.74, 6) is 0.290. The Hall–Kier alpha value is -3.02. The van der Waals surface area contributed by atoms with Crippen LogP contribution in [-0.2, 0) is 4.74 Å². The predicted molar refractivity (Wildman–Crippen MR) is 96.2 cm³/mol. The third-order valence-electron chi connectivity index (χ3n) is 3.56. The van der Waals surface area contributed by atoms with Crippen LogP contribution in [0, 0.1) is 13.8 Å². The Morgan fingerprint density at radius 3 is 2.56 bits per heavy atom. The number of hydrogen-bond acceptors (Lipinski definition) is 4. The predicted octanol–water partition coefficient (Wildman–Crippen LogP) is 3.29. The van der Waals surface area contributed by atoms with E-state index in [2.05, 4.69) is 10.6 Å². The average molecular weight is 342 g/mol. The van der Waals surface area contributed by atoms with Crippen LogP contribution in [-0.4, -0.2) is 32.3 Å². The maximum atomic E-state index is 12.0. The van der Waals surface area contributed by atoms with Gasteiger partial charge in [-0.05, 0) is 37.6 Å². The molecular formula is C19H22N2O4. The van der Waals surface area contributed by atoms with Crippen molar-refractivity contribution < 1.29 is 19.1 Å². The molecule has 0 spiro atoms. The summed E-state index contributed by atoms with van der Waals surface area (Å²) in [4.78, 5) is 23.6. The number of esters is 1. The Morgan fingerprint density at radius 2 is 1.84 bits per heavy atom. The van der Waals surface area contributed by atoms with Crippen molar-refractivity contribution >= 4 is 17.7 Å². The summed E-state index contributed by atoms with van der Waals surface area (Å²) in [7, 11) is 1.30. The van der Waals surface area contributed by atoms with E-state index < -0.39 is 12.0 Å². The molecule has 0 aromatic heterocycles. The van der Waals surface area contributed by atoms with E-state index in [4.69, 9.17) is 9.47 Å². The first-order valence-corrected chi connectivity index (χ1v) is 7.93. The minimum atomic E-state index is -0.505. The number of nitrogens with one attached hydrogen (secondary N) is 2. The fourth-order valence-corrected chi connectivity index (χ4v) is 2.33. The monoisotopic (exact) mass is 342 g/mol. The Kier molecular flexibility index (Phi) is 6.39. The Bertz CT molecular complexity index is 759. The maximum absolute atomic E-state index is 12.0. The molecule has 2 aromatic rings. The van der Waals surface area contributed by atoms with E-state index in [0.717, 1.165) is 11.3 Å². The fraction of sp³-hybridized carbons (Fsp3) is 0.263. The van der Waals surface area contributed by atoms with Gasteiger partial charge < -0.3 is 20.1 Å². The molecule has 0 heterocycles. The van der Waals surface area contributed by atoms with Gasteiger partial charge >= 0.3 is 12.0 Å². The average Bonchev–Trinajstić information content (AvgIpc) is 2.60. The van der Waals surface area contributed by atoms with E-state index in [1.54, 1.807) is 24.3 Å². The quantitative estimate of drug-likeness (QED) is 0.624. The number of methoxy groups -OCH3 is 1. The lowest BCUT2D eigenvalue weighted by Gasteiger charge is -2.12. The maximum Gasteiger partial charge on any atom is 0.339 e. The van der Waals surface area contributed by atoms with Gasteiger partial charge in [-0.1, -0.05) is 29.8 Å². The van der Waals surface area contributed by atoms with Gasteiger partial charge in [0.2, 0.25) is 0 Å². The smallest absolute Gasteiger partial charge is 0.339 e. The SMILES string of the molecule is COC(=O)c1ccccc1NC(=O)NCCOc1ccc(C)cc1C. The minimum Gasteiger partial charge on any atom is -0.491 e. The van der Waals surface area contributed by atoms with Crippen LogP contribution in [0.15, 0.2) is 42.5 Å². The third-order valence-corrected chi connectivity index (χ3v) is 3.56. The molecule has 6 heteroatoms. The van der Waals surface area contributed by atoms with Crippen molar-refractivity contribution in [2.75, 3.05) is 25.6 Å². The molecule has 2 rings (SSSR count). The molecule has 6 nitrogen and oxygen atoms in total. The first-order chi connectivity index (χ1) is 12.0. The molecule has 0 unspecified atom stereocenters. The molecule has 0 aliphatic carbocycles. The zero-order valence-electron chi connectivity index (χ0n) is 14.6. The summed E-state index contributed by atoms with van der Waals surface area (Å²) in [6, 6.07) is 12.2. The van der Waals surface area contributed by atoms with Crippen LogP contribution >= 0.6 is 0 Å². The lowest BCUT2D eigenvalue weighted by Crippen LogP contribution is -2.32. The summed E-state index contributed by atoms with van der Waals surface area (Å²) in [6.45, 7) is 4.68. The number of ether oxygens (including phenoxy) is 2. The first kappa shape index (κ1) is 18.3. The summed E-state index contributed by atoms with van der Waals surface area (Å²) < 4.78 is 10.4. The van der Waals surface area contributed by atoms with Gasteiger partial charge in [0.1, 0.15) is 12.4 Å². The van der Waals surface area contributed by atoms with E-state index >= 15 is 0 Å². The van der Waals surface area contributed by atoms with Crippen LogP contribution in [0.1, 0.15) is 21.5 Å². The van der Waals surface area contributed by atoms with Gasteiger partial charge in [0, 0.05) is 0 Å². The molecule has 2 amide bonds. The number of hydrogen-bond donors (Lipinski definition) is 2. The molecule has 0 radical (unpaired) electrons. The lowest BCUT2D eigenvalue weighted by atomic mass is 10.1. The van der Waals surface area contributed by atoms with E-state index in [9.17, 15) is 9.59 Å². The molecule has 0 aliphatic heterocycles. The summed E-state index contributed by atoms with van der Waals surface area (Å²) in [6.07, 6.45) is 0. The highest BCUT2D eigenvalue weighted by Crippen LogP contribution is 2.18. The van der Waals surface area contributed by atoms with Crippen molar-refractivity contribution in [3.63, 3.8) is 0 Å². The second-order valence-corrected chi connectivity index (χ2v) is 5.54. The number of para-hydroxylation sites is 1. The number of aryl methyl sites for hydroxylation is 2. The van der Waals surface area contributed by atoms with Crippen molar-refractivity contribution in [1.29, 1.82) is 0 Å². The Morgan fingerprint density at radius 1 is 1.08 bits per heavy atom. The molecule has 0 aliphatic rings. The van der Waals surface area contributed by atoms with Gasteiger partial charge in [0.15, 0.2) is 0 Å². The van der Waals surface area contributed by atoms with Crippen LogP contribution < -0.4 is 15.4 Å². The van der Waals surface area contributed by atoms with E-state index in [0.29, 0.717) is 24.4 Å². The number of carbonyl (C=O) groups is 2. The topological polar surface area (TPSA) is 76.7 Å². The van der Waals surface area contributed by atoms with Crippen LogP contribution in [0.3, 0.4) is 0 Å². The number of anilines is 1. The molecule has 0 bridgehead atoms. The lowest BCUT2D eigenvalue weighted by molar-refractivity contribution is 0.0602. The fourth-order valence-electron chi connectivity index (χ4n) is 2.33. The third kappa shape index (κ3) is 5.24.